The van der Waals surface area contributed by atoms with Crippen LogP contribution in [-0.4, -0.2) is 22.7 Å². The molecule has 1 saturated carbocycles. The van der Waals surface area contributed by atoms with Gasteiger partial charge in [0, 0.05) is 30.8 Å². The summed E-state index contributed by atoms with van der Waals surface area (Å²) < 4.78 is 12.2. The molecule has 1 spiro atoms. The van der Waals surface area contributed by atoms with Gasteiger partial charge in [0.1, 0.15) is 6.04 Å². The van der Waals surface area contributed by atoms with Crippen molar-refractivity contribution in [1.82, 2.24) is 4.98 Å². The first-order valence-electron chi connectivity index (χ1n) is 9.25. The standard InChI is InChI=1S/C20H22ClN3O3/c1-13(19(25)24-15-6-5-11-22-18(15)21)23-14-7-8-16-17(12-14)27-20(26-16)9-3-2-4-10-20/h5-8,11-13,23H,2-4,9-10H2,1H3,(H,24,25)/t13-/m0/s1. The van der Waals surface area contributed by atoms with E-state index in [4.69, 9.17) is 21.1 Å². The lowest BCUT2D eigenvalue weighted by atomic mass is 9.94. The Morgan fingerprint density at radius 2 is 1.96 bits per heavy atom. The van der Waals surface area contributed by atoms with Gasteiger partial charge < -0.3 is 20.1 Å². The molecule has 2 heterocycles. The van der Waals surface area contributed by atoms with E-state index >= 15 is 0 Å². The second kappa shape index (κ2) is 7.27. The third-order valence-electron chi connectivity index (χ3n) is 4.94. The number of amides is 1. The molecule has 0 unspecified atom stereocenters. The van der Waals surface area contributed by atoms with Gasteiger partial charge in [0.25, 0.3) is 5.79 Å². The molecule has 2 N–H and O–H groups in total. The summed E-state index contributed by atoms with van der Waals surface area (Å²) in [6.07, 6.45) is 6.86. The van der Waals surface area contributed by atoms with Crippen molar-refractivity contribution < 1.29 is 14.3 Å². The average molecular weight is 388 g/mol. The number of nitrogens with zero attached hydrogens (tertiary/aromatic N) is 1. The van der Waals surface area contributed by atoms with Gasteiger partial charge in [0.05, 0.1) is 5.69 Å². The molecule has 6 nitrogen and oxygen atoms in total. The number of anilines is 2. The monoisotopic (exact) mass is 387 g/mol. The predicted molar refractivity (Wildman–Crippen MR) is 104 cm³/mol. The number of pyridine rings is 1. The largest absolute Gasteiger partial charge is 0.448 e. The van der Waals surface area contributed by atoms with E-state index in [1.165, 1.54) is 6.42 Å². The lowest BCUT2D eigenvalue weighted by Gasteiger charge is -2.31. The minimum absolute atomic E-state index is 0.202. The molecule has 0 bridgehead atoms. The molecule has 1 aliphatic heterocycles. The Kier molecular flexibility index (Phi) is 4.83. The molecule has 0 radical (unpaired) electrons. The maximum Gasteiger partial charge on any atom is 0.251 e. The molecule has 7 heteroatoms. The van der Waals surface area contributed by atoms with Gasteiger partial charge in [-0.2, -0.15) is 0 Å². The lowest BCUT2D eigenvalue weighted by Crippen LogP contribution is -2.40. The lowest BCUT2D eigenvalue weighted by molar-refractivity contribution is -0.116. The van der Waals surface area contributed by atoms with Gasteiger partial charge in [-0.05, 0) is 44.0 Å². The minimum Gasteiger partial charge on any atom is -0.448 e. The number of hydrogen-bond donors (Lipinski definition) is 2. The maximum absolute atomic E-state index is 12.4. The summed E-state index contributed by atoms with van der Waals surface area (Å²) in [7, 11) is 0. The quantitative estimate of drug-likeness (QED) is 0.750. The summed E-state index contributed by atoms with van der Waals surface area (Å²) >= 11 is 5.99. The fraction of sp³-hybridized carbons (Fsp3) is 0.400. The van der Waals surface area contributed by atoms with Crippen LogP contribution in [0, 0.1) is 0 Å². The predicted octanol–water partition coefficient (Wildman–Crippen LogP) is 4.61. The van der Waals surface area contributed by atoms with Crippen LogP contribution in [0.1, 0.15) is 39.0 Å². The fourth-order valence-corrected chi connectivity index (χ4v) is 3.68. The molecule has 27 heavy (non-hydrogen) atoms. The highest BCUT2D eigenvalue weighted by Gasteiger charge is 2.42. The molecular weight excluding hydrogens is 366 g/mol. The minimum atomic E-state index is -0.501. The van der Waals surface area contributed by atoms with E-state index in [0.29, 0.717) is 5.69 Å². The Hall–Kier alpha value is -2.47. The maximum atomic E-state index is 12.4. The second-order valence-electron chi connectivity index (χ2n) is 7.03. The van der Waals surface area contributed by atoms with Gasteiger partial charge >= 0.3 is 0 Å². The zero-order valence-electron chi connectivity index (χ0n) is 15.1. The zero-order valence-corrected chi connectivity index (χ0v) is 15.9. The summed E-state index contributed by atoms with van der Waals surface area (Å²) in [5.74, 6) is 0.789. The van der Waals surface area contributed by atoms with E-state index in [0.717, 1.165) is 42.9 Å². The Morgan fingerprint density at radius 1 is 1.19 bits per heavy atom. The van der Waals surface area contributed by atoms with Crippen molar-refractivity contribution in [3.63, 3.8) is 0 Å². The van der Waals surface area contributed by atoms with Crippen LogP contribution in [-0.2, 0) is 4.79 Å². The first kappa shape index (κ1) is 17.9. The molecule has 4 rings (SSSR count). The number of benzene rings is 1. The van der Waals surface area contributed by atoms with E-state index < -0.39 is 11.8 Å². The molecule has 0 saturated heterocycles. The number of nitrogens with one attached hydrogen (secondary N) is 2. The smallest absolute Gasteiger partial charge is 0.251 e. The van der Waals surface area contributed by atoms with Gasteiger partial charge in [-0.3, -0.25) is 4.79 Å². The Morgan fingerprint density at radius 3 is 2.74 bits per heavy atom. The molecular formula is C20H22ClN3O3. The number of rotatable bonds is 4. The van der Waals surface area contributed by atoms with E-state index in [1.54, 1.807) is 25.3 Å². The third-order valence-corrected chi connectivity index (χ3v) is 5.25. The van der Waals surface area contributed by atoms with E-state index in [9.17, 15) is 4.79 Å². The molecule has 1 aliphatic carbocycles. The summed E-state index contributed by atoms with van der Waals surface area (Å²) in [5.41, 5.74) is 1.29. The van der Waals surface area contributed by atoms with Crippen LogP contribution in [0.4, 0.5) is 11.4 Å². The topological polar surface area (TPSA) is 72.5 Å². The van der Waals surface area contributed by atoms with Crippen LogP contribution in [0.2, 0.25) is 5.15 Å². The van der Waals surface area contributed by atoms with Crippen LogP contribution in [0.15, 0.2) is 36.5 Å². The summed E-state index contributed by atoms with van der Waals surface area (Å²) in [6.45, 7) is 1.78. The van der Waals surface area contributed by atoms with E-state index in [1.807, 2.05) is 18.2 Å². The number of halogens is 1. The van der Waals surface area contributed by atoms with Crippen LogP contribution >= 0.6 is 11.6 Å². The van der Waals surface area contributed by atoms with Crippen molar-refractivity contribution >= 4 is 28.9 Å². The highest BCUT2D eigenvalue weighted by molar-refractivity contribution is 6.32. The zero-order chi connectivity index (χ0) is 18.9. The van der Waals surface area contributed by atoms with Crippen molar-refractivity contribution in [2.75, 3.05) is 10.6 Å². The number of carbonyl (C=O) groups is 1. The Bertz CT molecular complexity index is 852. The van der Waals surface area contributed by atoms with Crippen LogP contribution in [0.3, 0.4) is 0 Å². The highest BCUT2D eigenvalue weighted by atomic mass is 35.5. The van der Waals surface area contributed by atoms with Crippen molar-refractivity contribution in [3.05, 3.63) is 41.7 Å². The normalized spacial score (nSPS) is 18.1. The van der Waals surface area contributed by atoms with Gasteiger partial charge in [0.15, 0.2) is 16.7 Å². The highest BCUT2D eigenvalue weighted by Crippen LogP contribution is 2.46. The second-order valence-corrected chi connectivity index (χ2v) is 7.39. The third kappa shape index (κ3) is 3.81. The van der Waals surface area contributed by atoms with Crippen LogP contribution in [0.25, 0.3) is 0 Å². The number of hydrogen-bond acceptors (Lipinski definition) is 5. The summed E-state index contributed by atoms with van der Waals surface area (Å²) in [4.78, 5) is 16.4. The van der Waals surface area contributed by atoms with Crippen molar-refractivity contribution in [3.8, 4) is 11.5 Å². The molecule has 2 aliphatic rings. The molecule has 1 aromatic carbocycles. The number of fused-ring (bicyclic) bond motifs is 1. The first-order valence-corrected chi connectivity index (χ1v) is 9.62. The fourth-order valence-electron chi connectivity index (χ4n) is 3.51. The number of carbonyl (C=O) groups excluding carboxylic acids is 1. The van der Waals surface area contributed by atoms with Crippen LogP contribution in [0.5, 0.6) is 11.5 Å². The van der Waals surface area contributed by atoms with Crippen molar-refractivity contribution in [2.45, 2.75) is 50.9 Å². The Balaban J connectivity index is 1.41. The van der Waals surface area contributed by atoms with Gasteiger partial charge in [0.2, 0.25) is 5.91 Å². The first-order chi connectivity index (χ1) is 13.0. The number of aromatic nitrogens is 1. The average Bonchev–Trinajstić information content (AvgIpc) is 3.00. The molecule has 142 valence electrons. The van der Waals surface area contributed by atoms with Gasteiger partial charge in [-0.1, -0.05) is 18.0 Å². The molecule has 2 aromatic rings. The molecule has 1 amide bonds. The Labute approximate surface area is 163 Å². The SMILES string of the molecule is C[C@H](Nc1ccc2c(c1)OC1(CCCCC1)O2)C(=O)Nc1cccnc1Cl. The van der Waals surface area contributed by atoms with Crippen molar-refractivity contribution in [1.29, 1.82) is 0 Å². The van der Waals surface area contributed by atoms with E-state index in [-0.39, 0.29) is 11.1 Å². The molecule has 1 atom stereocenters. The van der Waals surface area contributed by atoms with Crippen molar-refractivity contribution in [2.24, 2.45) is 0 Å². The van der Waals surface area contributed by atoms with Crippen LogP contribution < -0.4 is 20.1 Å². The summed E-state index contributed by atoms with van der Waals surface area (Å²) in [6, 6.07) is 8.64. The molecule has 1 aromatic heterocycles. The summed E-state index contributed by atoms with van der Waals surface area (Å²) in [5, 5.41) is 6.23. The van der Waals surface area contributed by atoms with E-state index in [2.05, 4.69) is 15.6 Å². The number of ether oxygens (including phenoxy) is 2. The van der Waals surface area contributed by atoms with Gasteiger partial charge in [-0.15, -0.1) is 0 Å². The molecule has 1 fully saturated rings. The van der Waals surface area contributed by atoms with Gasteiger partial charge in [-0.25, -0.2) is 4.98 Å².